The van der Waals surface area contributed by atoms with Crippen LogP contribution in [0.4, 0.5) is 4.39 Å². The third-order valence-electron chi connectivity index (χ3n) is 2.10. The minimum Gasteiger partial charge on any atom is -0.490 e. The van der Waals surface area contributed by atoms with Crippen molar-refractivity contribution < 1.29 is 13.9 Å². The number of carbonyl (C=O) groups is 1. The summed E-state index contributed by atoms with van der Waals surface area (Å²) in [5.41, 5.74) is 0.420. The molecule has 0 fully saturated rings. The normalized spacial score (nSPS) is 10.5. The largest absolute Gasteiger partial charge is 0.490 e. The molecule has 0 saturated carbocycles. The molecule has 4 heteroatoms. The molecule has 0 aliphatic heterocycles. The quantitative estimate of drug-likeness (QED) is 0.547. The van der Waals surface area contributed by atoms with E-state index in [1.807, 2.05) is 19.0 Å². The van der Waals surface area contributed by atoms with Crippen molar-refractivity contribution >= 4 is 6.29 Å². The lowest BCUT2D eigenvalue weighted by Crippen LogP contribution is -2.15. The summed E-state index contributed by atoms with van der Waals surface area (Å²) >= 11 is 0. The van der Waals surface area contributed by atoms with Crippen LogP contribution in [0, 0.1) is 5.82 Å². The Morgan fingerprint density at radius 2 is 2.19 bits per heavy atom. The van der Waals surface area contributed by atoms with E-state index in [4.69, 9.17) is 4.74 Å². The Bertz CT molecular complexity index is 353. The second-order valence-corrected chi connectivity index (χ2v) is 3.81. The van der Waals surface area contributed by atoms with Gasteiger partial charge in [0.05, 0.1) is 6.61 Å². The number of benzene rings is 1. The van der Waals surface area contributed by atoms with Gasteiger partial charge in [0.1, 0.15) is 6.29 Å². The molecule has 3 nitrogen and oxygen atoms in total. The maximum atomic E-state index is 13.2. The molecule has 0 aromatic heterocycles. The Hall–Kier alpha value is -1.42. The lowest BCUT2D eigenvalue weighted by molar-refractivity contribution is 0.112. The Labute approximate surface area is 94.8 Å². The summed E-state index contributed by atoms with van der Waals surface area (Å²) in [5, 5.41) is 0. The highest BCUT2D eigenvalue weighted by Crippen LogP contribution is 2.18. The Morgan fingerprint density at radius 1 is 1.44 bits per heavy atom. The van der Waals surface area contributed by atoms with Gasteiger partial charge >= 0.3 is 0 Å². The molecule has 1 aromatic rings. The SMILES string of the molecule is CN(C)CCCOc1cc(C=O)ccc1F. The van der Waals surface area contributed by atoms with Crippen molar-refractivity contribution in [3.8, 4) is 5.75 Å². The van der Waals surface area contributed by atoms with Crippen LogP contribution in [0.3, 0.4) is 0 Å². The number of hydrogen-bond acceptors (Lipinski definition) is 3. The van der Waals surface area contributed by atoms with Crippen molar-refractivity contribution in [1.29, 1.82) is 0 Å². The zero-order chi connectivity index (χ0) is 12.0. The van der Waals surface area contributed by atoms with Crippen molar-refractivity contribution in [2.45, 2.75) is 6.42 Å². The van der Waals surface area contributed by atoms with Gasteiger partial charge in [-0.3, -0.25) is 4.79 Å². The molecule has 0 radical (unpaired) electrons. The average molecular weight is 225 g/mol. The number of nitrogens with zero attached hydrogens (tertiary/aromatic N) is 1. The second kappa shape index (κ2) is 6.23. The van der Waals surface area contributed by atoms with Gasteiger partial charge in [0, 0.05) is 12.1 Å². The third-order valence-corrected chi connectivity index (χ3v) is 2.10. The highest BCUT2D eigenvalue weighted by molar-refractivity contribution is 5.75. The van der Waals surface area contributed by atoms with Crippen molar-refractivity contribution in [2.24, 2.45) is 0 Å². The highest BCUT2D eigenvalue weighted by atomic mass is 19.1. The van der Waals surface area contributed by atoms with E-state index in [0.717, 1.165) is 13.0 Å². The van der Waals surface area contributed by atoms with Crippen LogP contribution in [0.5, 0.6) is 5.75 Å². The van der Waals surface area contributed by atoms with Crippen LogP contribution in [-0.4, -0.2) is 38.4 Å². The first kappa shape index (κ1) is 12.6. The average Bonchev–Trinajstić information content (AvgIpc) is 2.26. The molecule has 0 N–H and O–H groups in total. The summed E-state index contributed by atoms with van der Waals surface area (Å²) in [6, 6.07) is 4.08. The topological polar surface area (TPSA) is 29.5 Å². The number of rotatable bonds is 6. The molecule has 0 atom stereocenters. The van der Waals surface area contributed by atoms with E-state index in [1.54, 1.807) is 0 Å². The molecule has 0 heterocycles. The van der Waals surface area contributed by atoms with Crippen LogP contribution >= 0.6 is 0 Å². The molecule has 0 bridgehead atoms. The van der Waals surface area contributed by atoms with E-state index in [-0.39, 0.29) is 5.75 Å². The van der Waals surface area contributed by atoms with Crippen LogP contribution in [0.15, 0.2) is 18.2 Å². The maximum absolute atomic E-state index is 13.2. The van der Waals surface area contributed by atoms with E-state index < -0.39 is 5.82 Å². The summed E-state index contributed by atoms with van der Waals surface area (Å²) in [5.74, 6) is -0.293. The zero-order valence-corrected chi connectivity index (χ0v) is 9.57. The lowest BCUT2D eigenvalue weighted by Gasteiger charge is -2.10. The molecule has 88 valence electrons. The van der Waals surface area contributed by atoms with Gasteiger partial charge in [-0.25, -0.2) is 4.39 Å². The smallest absolute Gasteiger partial charge is 0.165 e. The van der Waals surface area contributed by atoms with E-state index in [2.05, 4.69) is 0 Å². The molecule has 0 aliphatic rings. The third kappa shape index (κ3) is 3.98. The van der Waals surface area contributed by atoms with E-state index in [0.29, 0.717) is 18.5 Å². The minimum atomic E-state index is -0.435. The molecule has 0 unspecified atom stereocenters. The molecule has 16 heavy (non-hydrogen) atoms. The highest BCUT2D eigenvalue weighted by Gasteiger charge is 2.04. The van der Waals surface area contributed by atoms with Gasteiger partial charge in [-0.05, 0) is 38.7 Å². The van der Waals surface area contributed by atoms with E-state index in [9.17, 15) is 9.18 Å². The van der Waals surface area contributed by atoms with Crippen LogP contribution in [0.25, 0.3) is 0 Å². The number of halogens is 1. The minimum absolute atomic E-state index is 0.142. The Balaban J connectivity index is 2.49. The fraction of sp³-hybridized carbons (Fsp3) is 0.417. The van der Waals surface area contributed by atoms with Gasteiger partial charge in [0.15, 0.2) is 11.6 Å². The van der Waals surface area contributed by atoms with Gasteiger partial charge in [-0.1, -0.05) is 0 Å². The summed E-state index contributed by atoms with van der Waals surface area (Å²) in [7, 11) is 3.93. The molecular formula is C12H16FNO2. The lowest BCUT2D eigenvalue weighted by atomic mass is 10.2. The number of carbonyl (C=O) groups excluding carboxylic acids is 1. The van der Waals surface area contributed by atoms with Crippen molar-refractivity contribution in [2.75, 3.05) is 27.2 Å². The zero-order valence-electron chi connectivity index (χ0n) is 9.57. The number of hydrogen-bond donors (Lipinski definition) is 0. The molecule has 1 aromatic carbocycles. The van der Waals surface area contributed by atoms with Gasteiger partial charge in [-0.15, -0.1) is 0 Å². The van der Waals surface area contributed by atoms with Crippen molar-refractivity contribution in [1.82, 2.24) is 4.90 Å². The number of ether oxygens (including phenoxy) is 1. The number of aldehydes is 1. The van der Waals surface area contributed by atoms with Crippen LogP contribution in [-0.2, 0) is 0 Å². The fourth-order valence-corrected chi connectivity index (χ4v) is 1.27. The first-order valence-electron chi connectivity index (χ1n) is 5.15. The predicted octanol–water partition coefficient (Wildman–Crippen LogP) is 1.97. The molecular weight excluding hydrogens is 209 g/mol. The van der Waals surface area contributed by atoms with Gasteiger partial charge in [0.2, 0.25) is 0 Å². The summed E-state index contributed by atoms with van der Waals surface area (Å²) in [6.07, 6.45) is 1.49. The first-order valence-corrected chi connectivity index (χ1v) is 5.15. The Kier molecular flexibility index (Phi) is 4.92. The molecule has 0 aliphatic carbocycles. The van der Waals surface area contributed by atoms with Crippen molar-refractivity contribution in [3.63, 3.8) is 0 Å². The maximum Gasteiger partial charge on any atom is 0.165 e. The van der Waals surface area contributed by atoms with Crippen LogP contribution in [0.2, 0.25) is 0 Å². The van der Waals surface area contributed by atoms with Gasteiger partial charge in [-0.2, -0.15) is 0 Å². The Morgan fingerprint density at radius 3 is 2.81 bits per heavy atom. The fourth-order valence-electron chi connectivity index (χ4n) is 1.27. The summed E-state index contributed by atoms with van der Waals surface area (Å²) in [4.78, 5) is 12.5. The first-order chi connectivity index (χ1) is 7.63. The molecule has 0 spiro atoms. The monoisotopic (exact) mass is 225 g/mol. The van der Waals surface area contributed by atoms with E-state index >= 15 is 0 Å². The summed E-state index contributed by atoms with van der Waals surface area (Å²) < 4.78 is 18.5. The van der Waals surface area contributed by atoms with Gasteiger partial charge < -0.3 is 9.64 Å². The van der Waals surface area contributed by atoms with Crippen LogP contribution in [0.1, 0.15) is 16.8 Å². The van der Waals surface area contributed by atoms with Gasteiger partial charge in [0.25, 0.3) is 0 Å². The molecule has 0 amide bonds. The predicted molar refractivity (Wildman–Crippen MR) is 60.5 cm³/mol. The van der Waals surface area contributed by atoms with Crippen molar-refractivity contribution in [3.05, 3.63) is 29.6 Å². The van der Waals surface area contributed by atoms with E-state index in [1.165, 1.54) is 18.2 Å². The standard InChI is InChI=1S/C12H16FNO2/c1-14(2)6-3-7-16-12-8-10(9-15)4-5-11(12)13/h4-5,8-9H,3,6-7H2,1-2H3. The molecule has 0 saturated heterocycles. The molecule has 1 rings (SSSR count). The van der Waals surface area contributed by atoms with Crippen LogP contribution < -0.4 is 4.74 Å². The summed E-state index contributed by atoms with van der Waals surface area (Å²) in [6.45, 7) is 1.33. The second-order valence-electron chi connectivity index (χ2n) is 3.81.